The minimum absolute atomic E-state index is 0.0813. The van der Waals surface area contributed by atoms with Crippen molar-refractivity contribution in [2.75, 3.05) is 4.90 Å². The Balaban J connectivity index is 2.31. The van der Waals surface area contributed by atoms with Gasteiger partial charge in [0.2, 0.25) is 5.91 Å². The van der Waals surface area contributed by atoms with Crippen LogP contribution in [-0.4, -0.2) is 23.0 Å². The summed E-state index contributed by atoms with van der Waals surface area (Å²) in [5, 5.41) is 8.97. The lowest BCUT2D eigenvalue weighted by Crippen LogP contribution is -2.38. The quantitative estimate of drug-likeness (QED) is 0.899. The van der Waals surface area contributed by atoms with E-state index in [9.17, 15) is 22.8 Å². The van der Waals surface area contributed by atoms with Crippen LogP contribution < -0.4 is 4.90 Å². The van der Waals surface area contributed by atoms with Gasteiger partial charge in [0.25, 0.3) is 0 Å². The lowest BCUT2D eigenvalue weighted by Gasteiger charge is -2.22. The van der Waals surface area contributed by atoms with Crippen LogP contribution in [0.3, 0.4) is 0 Å². The van der Waals surface area contributed by atoms with E-state index in [4.69, 9.17) is 5.11 Å². The molecular formula is C12H10F3NO3. The first kappa shape index (κ1) is 13.4. The van der Waals surface area contributed by atoms with E-state index in [1.165, 1.54) is 0 Å². The van der Waals surface area contributed by atoms with Gasteiger partial charge in [-0.3, -0.25) is 9.69 Å². The molecule has 1 N–H and O–H groups in total. The standard InChI is InChI=1S/C12H10F3NO3/c13-12(14,15)7-1-3-8(4-2-7)16-9(11(18)19)5-6-10(16)17/h1-4,9H,5-6H2,(H,18,19)/t9-/m0/s1. The minimum Gasteiger partial charge on any atom is -0.480 e. The molecule has 1 amide bonds. The van der Waals surface area contributed by atoms with Crippen molar-refractivity contribution >= 4 is 17.6 Å². The molecule has 19 heavy (non-hydrogen) atoms. The number of carbonyl (C=O) groups excluding carboxylic acids is 1. The monoisotopic (exact) mass is 273 g/mol. The third kappa shape index (κ3) is 2.54. The van der Waals surface area contributed by atoms with E-state index in [-0.39, 0.29) is 18.5 Å². The van der Waals surface area contributed by atoms with Gasteiger partial charge in [0, 0.05) is 12.1 Å². The fourth-order valence-electron chi connectivity index (χ4n) is 2.05. The van der Waals surface area contributed by atoms with Crippen LogP contribution in [0.4, 0.5) is 18.9 Å². The van der Waals surface area contributed by atoms with Crippen molar-refractivity contribution < 1.29 is 27.9 Å². The highest BCUT2D eigenvalue weighted by Gasteiger charge is 2.37. The van der Waals surface area contributed by atoms with Gasteiger partial charge in [-0.15, -0.1) is 0 Å². The van der Waals surface area contributed by atoms with Gasteiger partial charge >= 0.3 is 12.1 Å². The third-order valence-electron chi connectivity index (χ3n) is 2.97. The molecule has 102 valence electrons. The molecule has 0 aromatic heterocycles. The highest BCUT2D eigenvalue weighted by molar-refractivity contribution is 6.02. The predicted molar refractivity (Wildman–Crippen MR) is 59.6 cm³/mol. The molecule has 0 saturated carbocycles. The molecule has 0 unspecified atom stereocenters. The van der Waals surface area contributed by atoms with Crippen LogP contribution in [0, 0.1) is 0 Å². The molecule has 0 bridgehead atoms. The zero-order valence-electron chi connectivity index (χ0n) is 9.65. The zero-order valence-corrected chi connectivity index (χ0v) is 9.65. The van der Waals surface area contributed by atoms with Crippen LogP contribution in [0.15, 0.2) is 24.3 Å². The van der Waals surface area contributed by atoms with Crippen molar-refractivity contribution in [3.05, 3.63) is 29.8 Å². The maximum absolute atomic E-state index is 12.4. The third-order valence-corrected chi connectivity index (χ3v) is 2.97. The summed E-state index contributed by atoms with van der Waals surface area (Å²) in [6.07, 6.45) is -4.22. The molecule has 0 aliphatic carbocycles. The Bertz CT molecular complexity index is 510. The second kappa shape index (κ2) is 4.56. The van der Waals surface area contributed by atoms with E-state index >= 15 is 0 Å². The van der Waals surface area contributed by atoms with Gasteiger partial charge in [0.1, 0.15) is 6.04 Å². The average Bonchev–Trinajstić information content (AvgIpc) is 2.70. The lowest BCUT2D eigenvalue weighted by molar-refractivity contribution is -0.139. The van der Waals surface area contributed by atoms with Crippen molar-refractivity contribution in [2.45, 2.75) is 25.1 Å². The Labute approximate surface area is 106 Å². The smallest absolute Gasteiger partial charge is 0.416 e. The molecule has 0 spiro atoms. The number of amides is 1. The zero-order chi connectivity index (χ0) is 14.2. The molecule has 1 heterocycles. The summed E-state index contributed by atoms with van der Waals surface area (Å²) in [4.78, 5) is 23.6. The maximum Gasteiger partial charge on any atom is 0.416 e. The molecule has 0 radical (unpaired) electrons. The Morgan fingerprint density at radius 2 is 1.84 bits per heavy atom. The first-order valence-corrected chi connectivity index (χ1v) is 5.53. The maximum atomic E-state index is 12.4. The van der Waals surface area contributed by atoms with Gasteiger partial charge in [-0.25, -0.2) is 4.79 Å². The number of alkyl halides is 3. The second-order valence-electron chi connectivity index (χ2n) is 4.20. The summed E-state index contributed by atoms with van der Waals surface area (Å²) in [5.74, 6) is -1.56. The van der Waals surface area contributed by atoms with Gasteiger partial charge in [-0.05, 0) is 30.7 Å². The fourth-order valence-corrected chi connectivity index (χ4v) is 2.05. The van der Waals surface area contributed by atoms with Crippen molar-refractivity contribution in [2.24, 2.45) is 0 Å². The fraction of sp³-hybridized carbons (Fsp3) is 0.333. The van der Waals surface area contributed by atoms with Crippen LogP contribution in [-0.2, 0) is 15.8 Å². The number of aliphatic carboxylic acids is 1. The molecule has 4 nitrogen and oxygen atoms in total. The average molecular weight is 273 g/mol. The van der Waals surface area contributed by atoms with E-state index < -0.39 is 29.7 Å². The summed E-state index contributed by atoms with van der Waals surface area (Å²) in [6, 6.07) is 2.88. The Hall–Kier alpha value is -2.05. The summed E-state index contributed by atoms with van der Waals surface area (Å²) < 4.78 is 37.2. The number of halogens is 3. The minimum atomic E-state index is -4.46. The van der Waals surface area contributed by atoms with Crippen LogP contribution in [0.5, 0.6) is 0 Å². The first-order valence-electron chi connectivity index (χ1n) is 5.53. The molecule has 2 rings (SSSR count). The number of carbonyl (C=O) groups is 2. The van der Waals surface area contributed by atoms with E-state index in [0.717, 1.165) is 29.2 Å². The highest BCUT2D eigenvalue weighted by atomic mass is 19.4. The van der Waals surface area contributed by atoms with Crippen molar-refractivity contribution in [1.82, 2.24) is 0 Å². The lowest BCUT2D eigenvalue weighted by atomic mass is 10.1. The number of hydrogen-bond donors (Lipinski definition) is 1. The van der Waals surface area contributed by atoms with E-state index in [0.29, 0.717) is 0 Å². The molecule has 1 aliphatic heterocycles. The Kier molecular flexibility index (Phi) is 3.21. The van der Waals surface area contributed by atoms with Gasteiger partial charge < -0.3 is 5.11 Å². The molecule has 7 heteroatoms. The van der Waals surface area contributed by atoms with Crippen molar-refractivity contribution in [3.8, 4) is 0 Å². The Morgan fingerprint density at radius 1 is 1.26 bits per heavy atom. The second-order valence-corrected chi connectivity index (χ2v) is 4.20. The SMILES string of the molecule is O=C(O)[C@@H]1CCC(=O)N1c1ccc(C(F)(F)F)cc1. The summed E-state index contributed by atoms with van der Waals surface area (Å²) in [7, 11) is 0. The molecule has 1 fully saturated rings. The summed E-state index contributed by atoms with van der Waals surface area (Å²) in [6.45, 7) is 0. The number of carboxylic acids is 1. The summed E-state index contributed by atoms with van der Waals surface area (Å²) >= 11 is 0. The van der Waals surface area contributed by atoms with E-state index in [1.54, 1.807) is 0 Å². The number of carboxylic acid groups (broad SMARTS) is 1. The van der Waals surface area contributed by atoms with Gasteiger partial charge in [0.15, 0.2) is 0 Å². The van der Waals surface area contributed by atoms with E-state index in [2.05, 4.69) is 0 Å². The number of hydrogen-bond acceptors (Lipinski definition) is 2. The molecule has 1 aromatic rings. The number of nitrogens with zero attached hydrogens (tertiary/aromatic N) is 1. The number of benzene rings is 1. The largest absolute Gasteiger partial charge is 0.480 e. The molecule has 1 atom stereocenters. The van der Waals surface area contributed by atoms with Crippen LogP contribution in [0.1, 0.15) is 18.4 Å². The van der Waals surface area contributed by atoms with Crippen LogP contribution in [0.25, 0.3) is 0 Å². The first-order chi connectivity index (χ1) is 8.80. The molecule has 1 aliphatic rings. The van der Waals surface area contributed by atoms with Crippen LogP contribution in [0.2, 0.25) is 0 Å². The molecule has 1 saturated heterocycles. The normalized spacial score (nSPS) is 19.8. The number of anilines is 1. The van der Waals surface area contributed by atoms with Gasteiger partial charge in [-0.2, -0.15) is 13.2 Å². The topological polar surface area (TPSA) is 57.6 Å². The molecule has 1 aromatic carbocycles. The Morgan fingerprint density at radius 3 is 2.32 bits per heavy atom. The van der Waals surface area contributed by atoms with Crippen molar-refractivity contribution in [1.29, 1.82) is 0 Å². The highest BCUT2D eigenvalue weighted by Crippen LogP contribution is 2.32. The number of rotatable bonds is 2. The van der Waals surface area contributed by atoms with Crippen LogP contribution >= 0.6 is 0 Å². The molecular weight excluding hydrogens is 263 g/mol. The predicted octanol–water partition coefficient (Wildman–Crippen LogP) is 2.29. The van der Waals surface area contributed by atoms with E-state index in [1.807, 2.05) is 0 Å². The summed E-state index contributed by atoms with van der Waals surface area (Å²) in [5.41, 5.74) is -0.669. The van der Waals surface area contributed by atoms with Gasteiger partial charge in [-0.1, -0.05) is 0 Å². The van der Waals surface area contributed by atoms with Crippen molar-refractivity contribution in [3.63, 3.8) is 0 Å². The van der Waals surface area contributed by atoms with Gasteiger partial charge in [0.05, 0.1) is 5.56 Å².